The van der Waals surface area contributed by atoms with E-state index in [0.29, 0.717) is 30.2 Å². The van der Waals surface area contributed by atoms with Crippen molar-refractivity contribution in [1.29, 1.82) is 0 Å². The van der Waals surface area contributed by atoms with Gasteiger partial charge in [0.05, 0.1) is 21.1 Å². The summed E-state index contributed by atoms with van der Waals surface area (Å²) in [6.07, 6.45) is 0. The largest absolute Gasteiger partial charge is 0.454 e. The Hall–Kier alpha value is -3.13. The van der Waals surface area contributed by atoms with Crippen molar-refractivity contribution in [2.75, 3.05) is 25.2 Å². The molecule has 0 radical (unpaired) electrons. The van der Waals surface area contributed by atoms with Gasteiger partial charge < -0.3 is 19.7 Å². The number of carbonyl (C=O) groups is 2. The summed E-state index contributed by atoms with van der Waals surface area (Å²) in [7, 11) is 0. The number of aryl methyl sites for hydroxylation is 1. The lowest BCUT2D eigenvalue weighted by atomic mass is 9.97. The number of carbonyl (C=O) groups excluding carboxylic acids is 2. The van der Waals surface area contributed by atoms with E-state index in [1.165, 1.54) is 0 Å². The Kier molecular flexibility index (Phi) is 3.94. The topological polar surface area (TPSA) is 80.8 Å². The fourth-order valence-electron chi connectivity index (χ4n) is 3.39. The number of anilines is 1. The van der Waals surface area contributed by atoms with Crippen LogP contribution in [0.2, 0.25) is 0 Å². The molecule has 0 aliphatic carbocycles. The molecule has 3 heterocycles. The Balaban J connectivity index is 1.21. The lowest BCUT2D eigenvalue weighted by Crippen LogP contribution is -2.54. The van der Waals surface area contributed by atoms with Crippen molar-refractivity contribution < 1.29 is 19.1 Å². The Morgan fingerprint density at radius 2 is 1.96 bits per heavy atom. The predicted octanol–water partition coefficient (Wildman–Crippen LogP) is 3.04. The maximum absolute atomic E-state index is 12.6. The molecule has 0 unspecified atom stereocenters. The molecule has 5 rings (SSSR count). The zero-order valence-corrected chi connectivity index (χ0v) is 15.9. The second kappa shape index (κ2) is 6.49. The number of likely N-dealkylation sites (tertiary alicyclic amines) is 1. The van der Waals surface area contributed by atoms with Crippen LogP contribution < -0.4 is 14.8 Å². The summed E-state index contributed by atoms with van der Waals surface area (Å²) in [5, 5.41) is 3.93. The molecule has 0 saturated carbocycles. The summed E-state index contributed by atoms with van der Waals surface area (Å²) in [4.78, 5) is 31.2. The van der Waals surface area contributed by atoms with E-state index in [9.17, 15) is 9.59 Å². The third-order valence-electron chi connectivity index (χ3n) is 4.92. The van der Waals surface area contributed by atoms with Crippen molar-refractivity contribution in [3.8, 4) is 11.5 Å². The molecule has 0 spiro atoms. The van der Waals surface area contributed by atoms with Crippen molar-refractivity contribution >= 4 is 39.1 Å². The quantitative estimate of drug-likeness (QED) is 0.737. The summed E-state index contributed by atoms with van der Waals surface area (Å²) in [5.41, 5.74) is 2.14. The summed E-state index contributed by atoms with van der Waals surface area (Å²) >= 11 is 1.63. The predicted molar refractivity (Wildman–Crippen MR) is 105 cm³/mol. The van der Waals surface area contributed by atoms with Gasteiger partial charge in [-0.05, 0) is 43.3 Å². The molecule has 2 aliphatic heterocycles. The molecule has 0 atom stereocenters. The number of aromatic nitrogens is 1. The Labute approximate surface area is 164 Å². The molecular weight excluding hydrogens is 378 g/mol. The molecule has 8 heteroatoms. The van der Waals surface area contributed by atoms with Gasteiger partial charge in [-0.1, -0.05) is 0 Å². The normalized spacial score (nSPS) is 15.5. The molecule has 2 amide bonds. The zero-order valence-electron chi connectivity index (χ0n) is 15.1. The molecule has 1 saturated heterocycles. The van der Waals surface area contributed by atoms with E-state index in [1.807, 2.05) is 25.1 Å². The summed E-state index contributed by atoms with van der Waals surface area (Å²) < 4.78 is 11.7. The highest BCUT2D eigenvalue weighted by atomic mass is 32.1. The maximum Gasteiger partial charge on any atom is 0.254 e. The van der Waals surface area contributed by atoms with E-state index in [2.05, 4.69) is 10.3 Å². The van der Waals surface area contributed by atoms with Crippen LogP contribution >= 0.6 is 11.3 Å². The third-order valence-corrected chi connectivity index (χ3v) is 5.87. The van der Waals surface area contributed by atoms with E-state index in [0.717, 1.165) is 20.9 Å². The zero-order chi connectivity index (χ0) is 19.3. The molecule has 1 N–H and O–H groups in total. The smallest absolute Gasteiger partial charge is 0.254 e. The van der Waals surface area contributed by atoms with Crippen LogP contribution in [0.25, 0.3) is 10.2 Å². The number of thiazole rings is 1. The van der Waals surface area contributed by atoms with Gasteiger partial charge in [-0.25, -0.2) is 4.98 Å². The average molecular weight is 395 g/mol. The van der Waals surface area contributed by atoms with E-state index in [4.69, 9.17) is 9.47 Å². The van der Waals surface area contributed by atoms with Crippen molar-refractivity contribution in [3.05, 3.63) is 47.0 Å². The maximum atomic E-state index is 12.6. The molecule has 7 nitrogen and oxygen atoms in total. The van der Waals surface area contributed by atoms with Crippen LogP contribution in [-0.2, 0) is 4.79 Å². The molecule has 2 aromatic carbocycles. The van der Waals surface area contributed by atoms with Gasteiger partial charge in [0.25, 0.3) is 5.91 Å². The molecule has 1 aromatic heterocycles. The minimum atomic E-state index is -0.217. The second-order valence-corrected chi connectivity index (χ2v) is 8.11. The van der Waals surface area contributed by atoms with Crippen LogP contribution in [0.3, 0.4) is 0 Å². The third kappa shape index (κ3) is 2.95. The summed E-state index contributed by atoms with van der Waals surface area (Å²) in [6.45, 7) is 2.93. The Bertz CT molecular complexity index is 1100. The number of hydrogen-bond donors (Lipinski definition) is 1. The number of fused-ring (bicyclic) bond motifs is 2. The van der Waals surface area contributed by atoms with Gasteiger partial charge in [0, 0.05) is 24.3 Å². The van der Waals surface area contributed by atoms with Crippen LogP contribution in [0, 0.1) is 12.8 Å². The molecule has 3 aromatic rings. The van der Waals surface area contributed by atoms with Gasteiger partial charge in [0.15, 0.2) is 11.5 Å². The Morgan fingerprint density at radius 3 is 2.82 bits per heavy atom. The molecule has 2 aliphatic rings. The van der Waals surface area contributed by atoms with Crippen LogP contribution in [-0.4, -0.2) is 41.6 Å². The highest BCUT2D eigenvalue weighted by Crippen LogP contribution is 2.33. The number of nitrogens with zero attached hydrogens (tertiary/aromatic N) is 2. The second-order valence-electron chi connectivity index (χ2n) is 6.88. The number of rotatable bonds is 3. The van der Waals surface area contributed by atoms with Crippen LogP contribution in [0.15, 0.2) is 36.4 Å². The summed E-state index contributed by atoms with van der Waals surface area (Å²) in [6, 6.07) is 10.9. The van der Waals surface area contributed by atoms with Crippen LogP contribution in [0.5, 0.6) is 11.5 Å². The molecule has 142 valence electrons. The number of nitrogens with one attached hydrogen (secondary N) is 1. The van der Waals surface area contributed by atoms with Crippen molar-refractivity contribution in [2.45, 2.75) is 6.92 Å². The fraction of sp³-hybridized carbons (Fsp3) is 0.250. The van der Waals surface area contributed by atoms with E-state index >= 15 is 0 Å². The minimum Gasteiger partial charge on any atom is -0.454 e. The molecular formula is C20H17N3O4S. The van der Waals surface area contributed by atoms with Gasteiger partial charge in [-0.2, -0.15) is 0 Å². The number of ether oxygens (including phenoxy) is 2. The first-order valence-electron chi connectivity index (χ1n) is 8.94. The van der Waals surface area contributed by atoms with E-state index in [-0.39, 0.29) is 24.5 Å². The molecule has 0 bridgehead atoms. The first-order chi connectivity index (χ1) is 13.6. The van der Waals surface area contributed by atoms with Crippen molar-refractivity contribution in [3.63, 3.8) is 0 Å². The van der Waals surface area contributed by atoms with Gasteiger partial charge in [-0.15, -0.1) is 11.3 Å². The van der Waals surface area contributed by atoms with E-state index in [1.54, 1.807) is 34.4 Å². The van der Waals surface area contributed by atoms with Crippen LogP contribution in [0.4, 0.5) is 5.69 Å². The highest BCUT2D eigenvalue weighted by molar-refractivity contribution is 7.18. The highest BCUT2D eigenvalue weighted by Gasteiger charge is 2.36. The van der Waals surface area contributed by atoms with Crippen molar-refractivity contribution in [1.82, 2.24) is 9.88 Å². The van der Waals surface area contributed by atoms with Gasteiger partial charge in [0.1, 0.15) is 0 Å². The lowest BCUT2D eigenvalue weighted by Gasteiger charge is -2.38. The SMILES string of the molecule is Cc1nc2cc(NC(=O)C3CN(C(=O)c4ccc5c(c4)OCO5)C3)ccc2s1. The molecule has 1 fully saturated rings. The first-order valence-corrected chi connectivity index (χ1v) is 9.75. The number of amides is 2. The lowest BCUT2D eigenvalue weighted by molar-refractivity contribution is -0.123. The average Bonchev–Trinajstić information content (AvgIpc) is 3.24. The standard InChI is InChI=1S/C20H17N3O4S/c1-11-21-15-7-14(3-5-18(15)28-11)22-19(24)13-8-23(9-13)20(25)12-2-4-16-17(6-12)27-10-26-16/h2-7,13H,8-10H2,1H3,(H,22,24). The monoisotopic (exact) mass is 395 g/mol. The number of hydrogen-bond acceptors (Lipinski definition) is 6. The van der Waals surface area contributed by atoms with Crippen molar-refractivity contribution in [2.24, 2.45) is 5.92 Å². The molecule has 28 heavy (non-hydrogen) atoms. The van der Waals surface area contributed by atoms with E-state index < -0.39 is 0 Å². The van der Waals surface area contributed by atoms with Crippen LogP contribution in [0.1, 0.15) is 15.4 Å². The van der Waals surface area contributed by atoms with Gasteiger partial charge >= 0.3 is 0 Å². The Morgan fingerprint density at radius 1 is 1.14 bits per heavy atom. The minimum absolute atomic E-state index is 0.0824. The van der Waals surface area contributed by atoms with Gasteiger partial charge in [-0.3, -0.25) is 9.59 Å². The summed E-state index contributed by atoms with van der Waals surface area (Å²) in [5.74, 6) is 0.812. The van der Waals surface area contributed by atoms with Gasteiger partial charge in [0.2, 0.25) is 12.7 Å². The first kappa shape index (κ1) is 17.0. The fourth-order valence-corrected chi connectivity index (χ4v) is 4.19. The number of benzene rings is 2.